The number of rotatable bonds is 3. The molecule has 1 aliphatic rings. The normalized spacial score (nSPS) is 17.5. The summed E-state index contributed by atoms with van der Waals surface area (Å²) in [5.41, 5.74) is 1.80. The molecule has 1 unspecified atom stereocenters. The number of nitrogens with zero attached hydrogens (tertiary/aromatic N) is 1. The van der Waals surface area contributed by atoms with E-state index in [1.54, 1.807) is 4.90 Å². The minimum absolute atomic E-state index is 0.159. The van der Waals surface area contributed by atoms with E-state index in [9.17, 15) is 4.79 Å². The Morgan fingerprint density at radius 1 is 1.37 bits per heavy atom. The first kappa shape index (κ1) is 13.6. The first-order valence-corrected chi connectivity index (χ1v) is 6.52. The van der Waals surface area contributed by atoms with Gasteiger partial charge >= 0.3 is 6.09 Å². The van der Waals surface area contributed by atoms with E-state index in [0.29, 0.717) is 6.61 Å². The van der Waals surface area contributed by atoms with Gasteiger partial charge in [0.05, 0.1) is 11.8 Å². The minimum Gasteiger partial charge on any atom is -0.446 e. The molecule has 4 heteroatoms. The number of fused-ring (bicyclic) bond motifs is 1. The summed E-state index contributed by atoms with van der Waals surface area (Å²) >= 11 is 0. The van der Waals surface area contributed by atoms with Crippen LogP contribution >= 0.6 is 0 Å². The van der Waals surface area contributed by atoms with Gasteiger partial charge in [0.25, 0.3) is 0 Å². The van der Waals surface area contributed by atoms with E-state index in [-0.39, 0.29) is 12.2 Å². The topological polar surface area (TPSA) is 38.8 Å². The first-order valence-electron chi connectivity index (χ1n) is 6.52. The van der Waals surface area contributed by atoms with Gasteiger partial charge < -0.3 is 9.47 Å². The number of carbonyl (C=O) groups is 1. The molecular formula is C15H19NO3. The number of hydrogen-bond donors (Lipinski definition) is 0. The molecule has 1 amide bonds. The van der Waals surface area contributed by atoms with Crippen LogP contribution in [0.5, 0.6) is 0 Å². The fourth-order valence-electron chi connectivity index (χ4n) is 2.02. The number of benzene rings is 1. The Labute approximate surface area is 113 Å². The number of anilines is 1. The summed E-state index contributed by atoms with van der Waals surface area (Å²) in [6.07, 6.45) is 2.88. The monoisotopic (exact) mass is 261 g/mol. The Morgan fingerprint density at radius 2 is 2.11 bits per heavy atom. The van der Waals surface area contributed by atoms with Crippen LogP contribution in [0, 0.1) is 0 Å². The average Bonchev–Trinajstić information content (AvgIpc) is 2.37. The van der Waals surface area contributed by atoms with Crippen LogP contribution in [-0.4, -0.2) is 25.0 Å². The van der Waals surface area contributed by atoms with Crippen LogP contribution in [0.15, 0.2) is 30.3 Å². The van der Waals surface area contributed by atoms with Gasteiger partial charge in [-0.1, -0.05) is 24.3 Å². The number of ether oxygens (including phenoxy) is 2. The predicted molar refractivity (Wildman–Crippen MR) is 75.0 cm³/mol. The van der Waals surface area contributed by atoms with Crippen LogP contribution in [0.1, 0.15) is 26.3 Å². The molecule has 1 atom stereocenters. The largest absolute Gasteiger partial charge is 0.446 e. The molecule has 4 nitrogen and oxygen atoms in total. The third-order valence-electron chi connectivity index (χ3n) is 2.76. The molecule has 0 spiro atoms. The highest BCUT2D eigenvalue weighted by Crippen LogP contribution is 2.30. The van der Waals surface area contributed by atoms with Gasteiger partial charge in [-0.3, -0.25) is 0 Å². The number of carbonyl (C=O) groups excluding carboxylic acids is 1. The second-order valence-corrected chi connectivity index (χ2v) is 4.57. The standard InChI is InChI=1S/C15H19NO3/c1-4-18-14-10-9-12-7-5-6-8-13(12)16(14)15(17)19-11(2)3/h5-11,14H,4H2,1-3H3. The lowest BCUT2D eigenvalue weighted by atomic mass is 10.1. The molecule has 0 saturated heterocycles. The Balaban J connectivity index is 2.33. The lowest BCUT2D eigenvalue weighted by Crippen LogP contribution is -2.44. The molecule has 2 rings (SSSR count). The van der Waals surface area contributed by atoms with Crippen molar-refractivity contribution in [1.29, 1.82) is 0 Å². The Morgan fingerprint density at radius 3 is 2.79 bits per heavy atom. The van der Waals surface area contributed by atoms with Crippen LogP contribution in [-0.2, 0) is 9.47 Å². The Bertz CT molecular complexity index is 482. The lowest BCUT2D eigenvalue weighted by molar-refractivity contribution is 0.0732. The molecule has 0 aromatic heterocycles. The van der Waals surface area contributed by atoms with Crippen molar-refractivity contribution < 1.29 is 14.3 Å². The number of hydrogen-bond acceptors (Lipinski definition) is 3. The van der Waals surface area contributed by atoms with E-state index in [2.05, 4.69) is 0 Å². The summed E-state index contributed by atoms with van der Waals surface area (Å²) in [7, 11) is 0. The molecule has 1 aliphatic heterocycles. The summed E-state index contributed by atoms with van der Waals surface area (Å²) in [5.74, 6) is 0. The zero-order valence-electron chi connectivity index (χ0n) is 11.5. The molecule has 1 aromatic rings. The van der Waals surface area contributed by atoms with Crippen molar-refractivity contribution in [3.8, 4) is 0 Å². The zero-order chi connectivity index (χ0) is 13.8. The molecule has 102 valence electrons. The number of amides is 1. The van der Waals surface area contributed by atoms with E-state index in [4.69, 9.17) is 9.47 Å². The van der Waals surface area contributed by atoms with Crippen LogP contribution in [0.2, 0.25) is 0 Å². The summed E-state index contributed by atoms with van der Waals surface area (Å²) in [6.45, 7) is 6.10. The van der Waals surface area contributed by atoms with Crippen molar-refractivity contribution in [3.05, 3.63) is 35.9 Å². The van der Waals surface area contributed by atoms with Crippen molar-refractivity contribution >= 4 is 17.9 Å². The van der Waals surface area contributed by atoms with Gasteiger partial charge in [-0.05, 0) is 38.5 Å². The summed E-state index contributed by atoms with van der Waals surface area (Å²) in [5, 5.41) is 0. The minimum atomic E-state index is -0.411. The first-order chi connectivity index (χ1) is 9.13. The van der Waals surface area contributed by atoms with Gasteiger partial charge in [0.1, 0.15) is 0 Å². The van der Waals surface area contributed by atoms with Crippen molar-refractivity contribution in [1.82, 2.24) is 0 Å². The van der Waals surface area contributed by atoms with Gasteiger partial charge in [0.2, 0.25) is 0 Å². The van der Waals surface area contributed by atoms with Crippen LogP contribution in [0.3, 0.4) is 0 Å². The molecule has 1 heterocycles. The van der Waals surface area contributed by atoms with Crippen molar-refractivity contribution in [2.45, 2.75) is 33.1 Å². The van der Waals surface area contributed by atoms with Crippen molar-refractivity contribution in [3.63, 3.8) is 0 Å². The maximum atomic E-state index is 12.2. The highest BCUT2D eigenvalue weighted by atomic mass is 16.6. The fraction of sp³-hybridized carbons (Fsp3) is 0.400. The molecule has 0 fully saturated rings. The zero-order valence-corrected chi connectivity index (χ0v) is 11.5. The molecule has 0 N–H and O–H groups in total. The SMILES string of the molecule is CCOC1C=Cc2ccccc2N1C(=O)OC(C)C. The second kappa shape index (κ2) is 5.89. The Hall–Kier alpha value is -1.81. The highest BCUT2D eigenvalue weighted by Gasteiger charge is 2.29. The molecule has 0 bridgehead atoms. The number of para-hydroxylation sites is 1. The molecule has 1 aromatic carbocycles. The molecular weight excluding hydrogens is 242 g/mol. The van der Waals surface area contributed by atoms with E-state index in [1.165, 1.54) is 0 Å². The highest BCUT2D eigenvalue weighted by molar-refractivity contribution is 5.93. The molecule has 19 heavy (non-hydrogen) atoms. The van der Waals surface area contributed by atoms with E-state index < -0.39 is 6.23 Å². The smallest absolute Gasteiger partial charge is 0.416 e. The summed E-state index contributed by atoms with van der Waals surface area (Å²) in [6, 6.07) is 7.70. The predicted octanol–water partition coefficient (Wildman–Crippen LogP) is 3.43. The second-order valence-electron chi connectivity index (χ2n) is 4.57. The molecule has 0 radical (unpaired) electrons. The molecule has 0 saturated carbocycles. The van der Waals surface area contributed by atoms with Crippen LogP contribution < -0.4 is 4.90 Å². The van der Waals surface area contributed by atoms with Gasteiger partial charge in [-0.25, -0.2) is 9.69 Å². The quantitative estimate of drug-likeness (QED) is 0.836. The lowest BCUT2D eigenvalue weighted by Gasteiger charge is -2.33. The average molecular weight is 261 g/mol. The van der Waals surface area contributed by atoms with Gasteiger partial charge in [0.15, 0.2) is 6.23 Å². The van der Waals surface area contributed by atoms with Gasteiger partial charge in [0, 0.05) is 6.61 Å². The fourth-order valence-corrected chi connectivity index (χ4v) is 2.02. The summed E-state index contributed by atoms with van der Waals surface area (Å²) in [4.78, 5) is 13.8. The maximum Gasteiger partial charge on any atom is 0.416 e. The van der Waals surface area contributed by atoms with E-state index in [0.717, 1.165) is 11.3 Å². The Kier molecular flexibility index (Phi) is 4.22. The van der Waals surface area contributed by atoms with Gasteiger partial charge in [-0.15, -0.1) is 0 Å². The van der Waals surface area contributed by atoms with Crippen LogP contribution in [0.4, 0.5) is 10.5 Å². The van der Waals surface area contributed by atoms with Gasteiger partial charge in [-0.2, -0.15) is 0 Å². The van der Waals surface area contributed by atoms with E-state index in [1.807, 2.05) is 57.2 Å². The maximum absolute atomic E-state index is 12.2. The van der Waals surface area contributed by atoms with E-state index >= 15 is 0 Å². The summed E-state index contributed by atoms with van der Waals surface area (Å²) < 4.78 is 10.9. The van der Waals surface area contributed by atoms with Crippen molar-refractivity contribution in [2.24, 2.45) is 0 Å². The third-order valence-corrected chi connectivity index (χ3v) is 2.76. The van der Waals surface area contributed by atoms with Crippen LogP contribution in [0.25, 0.3) is 6.08 Å². The third kappa shape index (κ3) is 2.96. The molecule has 0 aliphatic carbocycles. The van der Waals surface area contributed by atoms with Crippen molar-refractivity contribution in [2.75, 3.05) is 11.5 Å².